The molecule has 1 unspecified atom stereocenters. The van der Waals surface area contributed by atoms with Crippen molar-refractivity contribution in [2.24, 2.45) is 0 Å². The fraction of sp³-hybridized carbons (Fsp3) is 0.478. The Morgan fingerprint density at radius 2 is 1.84 bits per heavy atom. The largest absolute Gasteiger partial charge is 0.379 e. The predicted molar refractivity (Wildman–Crippen MR) is 125 cm³/mol. The van der Waals surface area contributed by atoms with Gasteiger partial charge in [-0.1, -0.05) is 18.2 Å². The van der Waals surface area contributed by atoms with Gasteiger partial charge in [0.2, 0.25) is 5.91 Å². The van der Waals surface area contributed by atoms with Crippen LogP contribution in [0.15, 0.2) is 46.7 Å². The number of hydrogen-bond donors (Lipinski definition) is 1. The van der Waals surface area contributed by atoms with E-state index in [1.54, 1.807) is 11.3 Å². The van der Waals surface area contributed by atoms with Gasteiger partial charge in [0.1, 0.15) is 0 Å². The maximum atomic E-state index is 13.1. The standard InChI is InChI=1S/C23H29N3O3S2/c27-22(26-9-3-4-10-26)17-31-20-7-2-1-6-18(20)23(28)24-16-19(21-8-5-15-30-21)25-11-13-29-14-12-25/h1-2,5-8,15,19H,3-4,9-14,16-17H2,(H,24,28). The molecule has 31 heavy (non-hydrogen) atoms. The predicted octanol–water partition coefficient (Wildman–Crippen LogP) is 3.27. The normalized spacial score (nSPS) is 18.1. The van der Waals surface area contributed by atoms with Crippen LogP contribution in [-0.4, -0.2) is 73.3 Å². The molecule has 1 aromatic heterocycles. The SMILES string of the molecule is O=C(NCC(c1cccs1)N1CCOCC1)c1ccccc1SCC(=O)N1CCCC1. The molecule has 2 fully saturated rings. The third-order valence-electron chi connectivity index (χ3n) is 5.76. The lowest BCUT2D eigenvalue weighted by Crippen LogP contribution is -2.43. The van der Waals surface area contributed by atoms with E-state index < -0.39 is 0 Å². The first-order chi connectivity index (χ1) is 15.2. The molecule has 2 amide bonds. The van der Waals surface area contributed by atoms with Gasteiger partial charge in [-0.05, 0) is 36.4 Å². The highest BCUT2D eigenvalue weighted by molar-refractivity contribution is 8.00. The average Bonchev–Trinajstić information content (AvgIpc) is 3.53. The molecule has 1 atom stereocenters. The van der Waals surface area contributed by atoms with Gasteiger partial charge < -0.3 is 15.0 Å². The van der Waals surface area contributed by atoms with E-state index in [2.05, 4.69) is 27.7 Å². The highest BCUT2D eigenvalue weighted by Gasteiger charge is 2.25. The number of carbonyl (C=O) groups excluding carboxylic acids is 2. The van der Waals surface area contributed by atoms with E-state index >= 15 is 0 Å². The summed E-state index contributed by atoms with van der Waals surface area (Å²) in [6.07, 6.45) is 2.17. The molecule has 4 rings (SSSR count). The summed E-state index contributed by atoms with van der Waals surface area (Å²) < 4.78 is 5.50. The summed E-state index contributed by atoms with van der Waals surface area (Å²) in [5.74, 6) is 0.435. The van der Waals surface area contributed by atoms with Crippen LogP contribution in [0.25, 0.3) is 0 Å². The molecule has 1 aromatic carbocycles. The minimum absolute atomic E-state index is 0.0912. The average molecular weight is 460 g/mol. The first-order valence-electron chi connectivity index (χ1n) is 10.9. The van der Waals surface area contributed by atoms with Gasteiger partial charge in [-0.25, -0.2) is 0 Å². The van der Waals surface area contributed by atoms with Crippen molar-refractivity contribution in [1.82, 2.24) is 15.1 Å². The smallest absolute Gasteiger partial charge is 0.252 e. The first kappa shape index (κ1) is 22.3. The summed E-state index contributed by atoms with van der Waals surface area (Å²) in [5, 5.41) is 5.22. The van der Waals surface area contributed by atoms with Crippen LogP contribution < -0.4 is 5.32 Å². The monoisotopic (exact) mass is 459 g/mol. The number of nitrogens with zero attached hydrogens (tertiary/aromatic N) is 2. The Balaban J connectivity index is 1.38. The Bertz CT molecular complexity index is 863. The number of likely N-dealkylation sites (tertiary alicyclic amines) is 1. The van der Waals surface area contributed by atoms with Crippen LogP contribution in [0, 0.1) is 0 Å². The second-order valence-corrected chi connectivity index (χ2v) is 9.76. The molecule has 8 heteroatoms. The van der Waals surface area contributed by atoms with Crippen LogP contribution in [0.3, 0.4) is 0 Å². The second kappa shape index (κ2) is 11.1. The Labute approximate surface area is 191 Å². The van der Waals surface area contributed by atoms with Crippen molar-refractivity contribution in [2.75, 3.05) is 51.7 Å². The van der Waals surface area contributed by atoms with Crippen molar-refractivity contribution in [1.29, 1.82) is 0 Å². The van der Waals surface area contributed by atoms with Crippen LogP contribution in [0.1, 0.15) is 34.1 Å². The van der Waals surface area contributed by atoms with Crippen molar-refractivity contribution in [2.45, 2.75) is 23.8 Å². The van der Waals surface area contributed by atoms with E-state index in [-0.39, 0.29) is 17.9 Å². The Morgan fingerprint density at radius 3 is 2.58 bits per heavy atom. The van der Waals surface area contributed by atoms with Crippen LogP contribution in [0.5, 0.6) is 0 Å². The van der Waals surface area contributed by atoms with Crippen molar-refractivity contribution in [3.63, 3.8) is 0 Å². The van der Waals surface area contributed by atoms with Crippen molar-refractivity contribution >= 4 is 34.9 Å². The zero-order valence-electron chi connectivity index (χ0n) is 17.6. The molecule has 1 N–H and O–H groups in total. The van der Waals surface area contributed by atoms with E-state index in [0.29, 0.717) is 17.9 Å². The van der Waals surface area contributed by atoms with Crippen molar-refractivity contribution in [3.8, 4) is 0 Å². The molecule has 166 valence electrons. The number of carbonyl (C=O) groups is 2. The summed E-state index contributed by atoms with van der Waals surface area (Å²) in [4.78, 5) is 31.9. The van der Waals surface area contributed by atoms with Crippen molar-refractivity contribution < 1.29 is 14.3 Å². The Morgan fingerprint density at radius 1 is 1.06 bits per heavy atom. The van der Waals surface area contributed by atoms with Gasteiger partial charge >= 0.3 is 0 Å². The van der Waals surface area contributed by atoms with Gasteiger partial charge in [0.25, 0.3) is 5.91 Å². The maximum Gasteiger partial charge on any atom is 0.252 e. The Kier molecular flexibility index (Phi) is 8.02. The number of hydrogen-bond acceptors (Lipinski definition) is 6. The summed E-state index contributed by atoms with van der Waals surface area (Å²) >= 11 is 3.17. The fourth-order valence-electron chi connectivity index (χ4n) is 4.04. The van der Waals surface area contributed by atoms with Crippen LogP contribution in [0.4, 0.5) is 0 Å². The maximum absolute atomic E-state index is 13.1. The van der Waals surface area contributed by atoms with Crippen LogP contribution in [-0.2, 0) is 9.53 Å². The lowest BCUT2D eigenvalue weighted by molar-refractivity contribution is -0.127. The molecule has 2 saturated heterocycles. The quantitative estimate of drug-likeness (QED) is 0.614. The number of nitrogens with one attached hydrogen (secondary N) is 1. The van der Waals surface area contributed by atoms with E-state index in [9.17, 15) is 9.59 Å². The number of rotatable bonds is 8. The molecule has 0 spiro atoms. The van der Waals surface area contributed by atoms with Crippen molar-refractivity contribution in [3.05, 3.63) is 52.2 Å². The lowest BCUT2D eigenvalue weighted by Gasteiger charge is -2.34. The molecule has 6 nitrogen and oxygen atoms in total. The summed E-state index contributed by atoms with van der Waals surface area (Å²) in [7, 11) is 0. The van der Waals surface area contributed by atoms with Gasteiger partial charge in [0, 0.05) is 42.5 Å². The topological polar surface area (TPSA) is 61.9 Å². The molecule has 0 saturated carbocycles. The molecule has 2 aliphatic heterocycles. The number of benzene rings is 1. The zero-order chi connectivity index (χ0) is 21.5. The van der Waals surface area contributed by atoms with E-state index in [1.807, 2.05) is 29.2 Å². The van der Waals surface area contributed by atoms with E-state index in [4.69, 9.17) is 4.74 Å². The molecule has 0 aliphatic carbocycles. The number of morpholine rings is 1. The summed E-state index contributed by atoms with van der Waals surface area (Å²) in [6.45, 7) is 5.43. The molecule has 0 bridgehead atoms. The van der Waals surface area contributed by atoms with E-state index in [1.165, 1.54) is 16.6 Å². The fourth-order valence-corrected chi connectivity index (χ4v) is 5.86. The lowest BCUT2D eigenvalue weighted by atomic mass is 10.1. The Hall–Kier alpha value is -1.87. The molecule has 0 radical (unpaired) electrons. The zero-order valence-corrected chi connectivity index (χ0v) is 19.3. The second-order valence-electron chi connectivity index (χ2n) is 7.76. The molecule has 2 aromatic rings. The third-order valence-corrected chi connectivity index (χ3v) is 7.79. The molecular weight excluding hydrogens is 430 g/mol. The summed E-state index contributed by atoms with van der Waals surface area (Å²) in [5.41, 5.74) is 0.633. The van der Waals surface area contributed by atoms with Gasteiger partial charge in [-0.15, -0.1) is 23.1 Å². The van der Waals surface area contributed by atoms with Crippen LogP contribution >= 0.6 is 23.1 Å². The number of amides is 2. The molecule has 2 aliphatic rings. The van der Waals surface area contributed by atoms with Gasteiger partial charge in [-0.3, -0.25) is 14.5 Å². The van der Waals surface area contributed by atoms with Gasteiger partial charge in [0.15, 0.2) is 0 Å². The molecular formula is C23H29N3O3S2. The van der Waals surface area contributed by atoms with E-state index in [0.717, 1.165) is 57.1 Å². The minimum Gasteiger partial charge on any atom is -0.379 e. The highest BCUT2D eigenvalue weighted by atomic mass is 32.2. The number of ether oxygens (including phenoxy) is 1. The highest BCUT2D eigenvalue weighted by Crippen LogP contribution is 2.27. The third kappa shape index (κ3) is 5.88. The first-order valence-corrected chi connectivity index (χ1v) is 12.7. The number of thiophene rings is 1. The van der Waals surface area contributed by atoms with Gasteiger partial charge in [0.05, 0.1) is 30.6 Å². The number of thioether (sulfide) groups is 1. The summed E-state index contributed by atoms with van der Waals surface area (Å²) in [6, 6.07) is 11.9. The minimum atomic E-state index is -0.0912. The molecule has 3 heterocycles. The van der Waals surface area contributed by atoms with Crippen LogP contribution in [0.2, 0.25) is 0 Å². The van der Waals surface area contributed by atoms with Gasteiger partial charge in [-0.2, -0.15) is 0 Å².